The Balaban J connectivity index is 1.46. The van der Waals surface area contributed by atoms with Crippen LogP contribution in [0.15, 0.2) is 76.9 Å². The van der Waals surface area contributed by atoms with Crippen LogP contribution < -0.4 is 22.0 Å². The average molecular weight is 550 g/mol. The third-order valence-corrected chi connectivity index (χ3v) is 7.14. The Kier molecular flexibility index (Phi) is 6.41. The molecular formula is C28H23N9O2S. The van der Waals surface area contributed by atoms with Crippen molar-refractivity contribution in [3.8, 4) is 17.5 Å². The second-order valence-corrected chi connectivity index (χ2v) is 10.4. The number of hydrogen-bond donors (Lipinski definition) is 3. The number of fused-ring (bicyclic) bond motifs is 2. The van der Waals surface area contributed by atoms with Gasteiger partial charge in [-0.1, -0.05) is 41.9 Å². The van der Waals surface area contributed by atoms with E-state index in [1.807, 2.05) is 37.3 Å². The van der Waals surface area contributed by atoms with E-state index in [-0.39, 0.29) is 22.3 Å². The van der Waals surface area contributed by atoms with Gasteiger partial charge in [0, 0.05) is 18.0 Å². The Bertz CT molecular complexity index is 1940. The number of rotatable bonds is 4. The molecule has 0 radical (unpaired) electrons. The first-order valence-electron chi connectivity index (χ1n) is 12.4. The number of amides is 1. The van der Waals surface area contributed by atoms with E-state index in [1.54, 1.807) is 43.6 Å². The summed E-state index contributed by atoms with van der Waals surface area (Å²) in [6.07, 6.45) is 3.22. The summed E-state index contributed by atoms with van der Waals surface area (Å²) < 4.78 is 2.94. The van der Waals surface area contributed by atoms with Crippen LogP contribution in [0.1, 0.15) is 41.6 Å². The van der Waals surface area contributed by atoms with Crippen molar-refractivity contribution < 1.29 is 4.79 Å². The molecule has 0 saturated carbocycles. The molecule has 2 atom stereocenters. The van der Waals surface area contributed by atoms with Crippen molar-refractivity contribution in [1.82, 2.24) is 34.9 Å². The Morgan fingerprint density at radius 2 is 1.98 bits per heavy atom. The average Bonchev–Trinajstić information content (AvgIpc) is 3.53. The lowest BCUT2D eigenvalue weighted by molar-refractivity contribution is 0.0940. The van der Waals surface area contributed by atoms with Gasteiger partial charge in [0.15, 0.2) is 16.5 Å². The largest absolute Gasteiger partial charge is 0.381 e. The van der Waals surface area contributed by atoms with E-state index < -0.39 is 11.9 Å². The fraction of sp³-hybridized carbons (Fsp3) is 0.143. The van der Waals surface area contributed by atoms with E-state index in [1.165, 1.54) is 20.8 Å². The smallest absolute Gasteiger partial charge is 0.267 e. The highest BCUT2D eigenvalue weighted by atomic mass is 32.2. The van der Waals surface area contributed by atoms with Crippen LogP contribution in [0, 0.1) is 11.8 Å². The number of aromatic nitrogens is 5. The zero-order valence-corrected chi connectivity index (χ0v) is 22.3. The molecule has 3 aromatic heterocycles. The highest BCUT2D eigenvalue weighted by Crippen LogP contribution is 2.22. The normalized spacial score (nSPS) is 15.2. The SMILES string of the molecule is CC1NN=C(C#Cc2cccc3nc(C(C)NC(=O)c4c(N)nn5cccnc45)n(-c4ccccc4)c(=O)c23)S1. The number of carbonyl (C=O) groups excluding carboxylic acids is 1. The number of hydrogen-bond acceptors (Lipinski definition) is 9. The summed E-state index contributed by atoms with van der Waals surface area (Å²) in [6.45, 7) is 3.75. The topological polar surface area (TPSA) is 145 Å². The van der Waals surface area contributed by atoms with Crippen molar-refractivity contribution in [2.45, 2.75) is 25.3 Å². The van der Waals surface area contributed by atoms with Crippen molar-refractivity contribution in [2.75, 3.05) is 5.73 Å². The molecule has 12 heteroatoms. The molecule has 4 N–H and O–H groups in total. The monoisotopic (exact) mass is 549 g/mol. The van der Waals surface area contributed by atoms with Gasteiger partial charge in [-0.05, 0) is 50.1 Å². The number of nitrogens with zero attached hydrogens (tertiary/aromatic N) is 6. The lowest BCUT2D eigenvalue weighted by Gasteiger charge is -2.20. The van der Waals surface area contributed by atoms with Crippen LogP contribution in [-0.2, 0) is 0 Å². The van der Waals surface area contributed by atoms with Gasteiger partial charge in [0.1, 0.15) is 11.4 Å². The molecule has 198 valence electrons. The van der Waals surface area contributed by atoms with Gasteiger partial charge in [0.2, 0.25) is 0 Å². The van der Waals surface area contributed by atoms with Gasteiger partial charge < -0.3 is 11.1 Å². The minimum Gasteiger partial charge on any atom is -0.381 e. The molecule has 0 bridgehead atoms. The number of nitrogens with one attached hydrogen (secondary N) is 2. The third kappa shape index (κ3) is 4.52. The summed E-state index contributed by atoms with van der Waals surface area (Å²) in [5.41, 5.74) is 10.8. The lowest BCUT2D eigenvalue weighted by atomic mass is 10.1. The number of nitrogen functional groups attached to an aromatic ring is 1. The summed E-state index contributed by atoms with van der Waals surface area (Å²) in [4.78, 5) is 36.6. The van der Waals surface area contributed by atoms with Crippen molar-refractivity contribution in [1.29, 1.82) is 0 Å². The van der Waals surface area contributed by atoms with E-state index in [0.717, 1.165) is 0 Å². The van der Waals surface area contributed by atoms with Crippen molar-refractivity contribution in [3.63, 3.8) is 0 Å². The predicted molar refractivity (Wildman–Crippen MR) is 155 cm³/mol. The standard InChI is InChI=1S/C28H23N9O2S/c1-16(31-27(38)23-24(29)35-36-15-7-14-30-26(23)36)25-32-20-11-6-8-18(12-13-21-34-33-17(2)40-21)22(20)28(39)37(25)19-9-4-3-5-10-19/h3-11,14-17,33H,1-2H3,(H2,29,35)(H,31,38). The predicted octanol–water partition coefficient (Wildman–Crippen LogP) is 2.85. The maximum atomic E-state index is 14.1. The van der Waals surface area contributed by atoms with Gasteiger partial charge in [0.25, 0.3) is 11.5 Å². The van der Waals surface area contributed by atoms with Crippen LogP contribution in [0.25, 0.3) is 22.2 Å². The highest BCUT2D eigenvalue weighted by Gasteiger charge is 2.25. The van der Waals surface area contributed by atoms with Gasteiger partial charge in [-0.15, -0.1) is 5.10 Å². The van der Waals surface area contributed by atoms with E-state index in [4.69, 9.17) is 10.7 Å². The van der Waals surface area contributed by atoms with Gasteiger partial charge in [0.05, 0.1) is 28.0 Å². The minimum absolute atomic E-state index is 0.0492. The molecule has 11 nitrogen and oxygen atoms in total. The first-order chi connectivity index (χ1) is 19.4. The third-order valence-electron chi connectivity index (χ3n) is 6.26. The molecule has 1 aliphatic heterocycles. The number of para-hydroxylation sites is 1. The van der Waals surface area contributed by atoms with Crippen LogP contribution >= 0.6 is 11.8 Å². The van der Waals surface area contributed by atoms with Crippen LogP contribution in [-0.4, -0.2) is 40.5 Å². The fourth-order valence-corrected chi connectivity index (χ4v) is 5.13. The Hall–Kier alpha value is -5.15. The molecule has 0 aliphatic carbocycles. The summed E-state index contributed by atoms with van der Waals surface area (Å²) in [5, 5.41) is 12.5. The number of thioether (sulfide) groups is 1. The highest BCUT2D eigenvalue weighted by molar-refractivity contribution is 8.15. The summed E-state index contributed by atoms with van der Waals surface area (Å²) in [7, 11) is 0. The van der Waals surface area contributed by atoms with Crippen LogP contribution in [0.2, 0.25) is 0 Å². The second kappa shape index (κ2) is 10.2. The van der Waals surface area contributed by atoms with E-state index in [2.05, 4.69) is 37.8 Å². The number of hydrazone groups is 1. The number of carbonyl (C=O) groups is 1. The molecule has 1 aliphatic rings. The molecule has 40 heavy (non-hydrogen) atoms. The minimum atomic E-state index is -0.686. The van der Waals surface area contributed by atoms with E-state index >= 15 is 0 Å². The molecule has 2 aromatic carbocycles. The first-order valence-corrected chi connectivity index (χ1v) is 13.3. The first kappa shape index (κ1) is 25.1. The lowest BCUT2D eigenvalue weighted by Crippen LogP contribution is -2.33. The Morgan fingerprint density at radius 1 is 1.15 bits per heavy atom. The molecule has 6 rings (SSSR count). The van der Waals surface area contributed by atoms with Crippen LogP contribution in [0.3, 0.4) is 0 Å². The van der Waals surface area contributed by atoms with E-state index in [0.29, 0.717) is 38.7 Å². The summed E-state index contributed by atoms with van der Waals surface area (Å²) >= 11 is 1.51. The van der Waals surface area contributed by atoms with Gasteiger partial charge in [-0.2, -0.15) is 5.10 Å². The quantitative estimate of drug-likeness (QED) is 0.290. The zero-order chi connectivity index (χ0) is 27.8. The van der Waals surface area contributed by atoms with Crippen LogP contribution in [0.5, 0.6) is 0 Å². The summed E-state index contributed by atoms with van der Waals surface area (Å²) in [5.74, 6) is 6.06. The van der Waals surface area contributed by atoms with Gasteiger partial charge in [-0.3, -0.25) is 19.6 Å². The Labute approximate surface area is 232 Å². The fourth-order valence-electron chi connectivity index (χ4n) is 4.47. The van der Waals surface area contributed by atoms with Crippen molar-refractivity contribution in [2.24, 2.45) is 5.10 Å². The van der Waals surface area contributed by atoms with Crippen LogP contribution in [0.4, 0.5) is 5.82 Å². The maximum absolute atomic E-state index is 14.1. The molecule has 2 unspecified atom stereocenters. The number of anilines is 1. The summed E-state index contributed by atoms with van der Waals surface area (Å²) in [6, 6.07) is 15.5. The zero-order valence-electron chi connectivity index (χ0n) is 21.5. The molecule has 1 amide bonds. The molecule has 5 aromatic rings. The number of benzene rings is 2. The van der Waals surface area contributed by atoms with E-state index in [9.17, 15) is 9.59 Å². The maximum Gasteiger partial charge on any atom is 0.267 e. The Morgan fingerprint density at radius 3 is 2.75 bits per heavy atom. The second-order valence-electron chi connectivity index (χ2n) is 9.05. The molecular weight excluding hydrogens is 526 g/mol. The number of nitrogens with two attached hydrogens (primary N) is 1. The van der Waals surface area contributed by atoms with Crippen molar-refractivity contribution >= 4 is 45.1 Å². The molecule has 0 spiro atoms. The van der Waals surface area contributed by atoms with Gasteiger partial charge in [-0.25, -0.2) is 14.5 Å². The molecule has 4 heterocycles. The molecule has 0 saturated heterocycles. The van der Waals surface area contributed by atoms with Crippen molar-refractivity contribution in [3.05, 3.63) is 94.3 Å². The molecule has 0 fully saturated rings. The van der Waals surface area contributed by atoms with Gasteiger partial charge >= 0.3 is 0 Å².